The molecule has 0 bridgehead atoms. The lowest BCUT2D eigenvalue weighted by Crippen LogP contribution is -2.09. The van der Waals surface area contributed by atoms with E-state index in [9.17, 15) is 17.6 Å². The minimum atomic E-state index is -4.65. The van der Waals surface area contributed by atoms with Crippen LogP contribution in [0.25, 0.3) is 0 Å². The van der Waals surface area contributed by atoms with Crippen LogP contribution in [0.2, 0.25) is 0 Å². The molecule has 0 spiro atoms. The summed E-state index contributed by atoms with van der Waals surface area (Å²) in [6.45, 7) is 0. The molecule has 1 aromatic rings. The van der Waals surface area contributed by atoms with Crippen LogP contribution in [0.1, 0.15) is 16.0 Å². The van der Waals surface area contributed by atoms with E-state index in [-0.39, 0.29) is 5.56 Å². The van der Waals surface area contributed by atoms with Gasteiger partial charge in [-0.1, -0.05) is 6.07 Å². The summed E-state index contributed by atoms with van der Waals surface area (Å²) in [4.78, 5) is -1.33. The quantitative estimate of drug-likeness (QED) is 0.512. The molecule has 0 radical (unpaired) electrons. The van der Waals surface area contributed by atoms with Crippen LogP contribution in [0, 0.1) is 5.82 Å². The van der Waals surface area contributed by atoms with E-state index < -0.39 is 22.4 Å². The molecule has 78 valence electrons. The molecule has 0 saturated carbocycles. The summed E-state index contributed by atoms with van der Waals surface area (Å²) in [5.74, 6) is -0.977. The summed E-state index contributed by atoms with van der Waals surface area (Å²) in [5.41, 5.74) is -1.49. The van der Waals surface area contributed by atoms with Crippen molar-refractivity contribution in [1.82, 2.24) is 0 Å². The van der Waals surface area contributed by atoms with Gasteiger partial charge in [-0.3, -0.25) is 0 Å². The van der Waals surface area contributed by atoms with Crippen LogP contribution in [-0.4, -0.2) is 0 Å². The fraction of sp³-hybridized carbons (Fsp3) is 0.250. The van der Waals surface area contributed by atoms with E-state index in [1.165, 1.54) is 0 Å². The minimum Gasteiger partial charge on any atom is -0.207 e. The Kier molecular flexibility index (Phi) is 3.27. The summed E-state index contributed by atoms with van der Waals surface area (Å²) < 4.78 is 49.5. The molecule has 6 heteroatoms. The van der Waals surface area contributed by atoms with Crippen LogP contribution in [0.3, 0.4) is 0 Å². The van der Waals surface area contributed by atoms with Gasteiger partial charge in [0.2, 0.25) is 0 Å². The number of benzene rings is 1. The van der Waals surface area contributed by atoms with Crippen molar-refractivity contribution in [2.75, 3.05) is 0 Å². The van der Waals surface area contributed by atoms with Gasteiger partial charge in [0.05, 0.1) is 5.56 Å². The highest BCUT2D eigenvalue weighted by Crippen LogP contribution is 2.38. The van der Waals surface area contributed by atoms with E-state index in [4.69, 9.17) is 23.2 Å². The van der Waals surface area contributed by atoms with E-state index in [0.29, 0.717) is 6.07 Å². The second kappa shape index (κ2) is 3.95. The number of hydrogen-bond acceptors (Lipinski definition) is 0. The molecule has 0 aliphatic rings. The van der Waals surface area contributed by atoms with Crippen molar-refractivity contribution < 1.29 is 17.6 Å². The third-order valence-electron chi connectivity index (χ3n) is 1.56. The Hall–Kier alpha value is -0.480. The highest BCUT2D eigenvalue weighted by molar-refractivity contribution is 6.44. The molecular formula is C8H4Cl2F4. The first-order valence-electron chi connectivity index (χ1n) is 3.47. The Morgan fingerprint density at radius 1 is 1.14 bits per heavy atom. The fourth-order valence-electron chi connectivity index (χ4n) is 0.964. The van der Waals surface area contributed by atoms with E-state index in [0.717, 1.165) is 12.1 Å². The largest absolute Gasteiger partial charge is 0.416 e. The van der Waals surface area contributed by atoms with Gasteiger partial charge in [0, 0.05) is 0 Å². The summed E-state index contributed by atoms with van der Waals surface area (Å²) in [7, 11) is 0. The first kappa shape index (κ1) is 11.6. The molecule has 0 amide bonds. The maximum atomic E-state index is 12.6. The smallest absolute Gasteiger partial charge is 0.207 e. The molecule has 0 saturated heterocycles. The van der Waals surface area contributed by atoms with Crippen molar-refractivity contribution in [3.05, 3.63) is 35.1 Å². The molecule has 0 fully saturated rings. The molecule has 0 unspecified atom stereocenters. The van der Waals surface area contributed by atoms with E-state index in [2.05, 4.69) is 0 Å². The molecule has 0 nitrogen and oxygen atoms in total. The number of halogens is 6. The maximum absolute atomic E-state index is 12.6. The second-order valence-corrected chi connectivity index (χ2v) is 3.63. The van der Waals surface area contributed by atoms with Gasteiger partial charge in [-0.15, -0.1) is 23.2 Å². The van der Waals surface area contributed by atoms with Crippen LogP contribution < -0.4 is 0 Å². The summed E-state index contributed by atoms with van der Waals surface area (Å²) >= 11 is 10.6. The van der Waals surface area contributed by atoms with Gasteiger partial charge in [0.15, 0.2) is 0 Å². The molecule has 0 atom stereocenters. The first-order valence-corrected chi connectivity index (χ1v) is 4.34. The fourth-order valence-corrected chi connectivity index (χ4v) is 1.34. The van der Waals surface area contributed by atoms with Crippen LogP contribution in [0.5, 0.6) is 0 Å². The topological polar surface area (TPSA) is 0 Å². The number of alkyl halides is 5. The van der Waals surface area contributed by atoms with Crippen molar-refractivity contribution in [2.24, 2.45) is 0 Å². The zero-order valence-electron chi connectivity index (χ0n) is 6.58. The van der Waals surface area contributed by atoms with Crippen LogP contribution in [0.4, 0.5) is 17.6 Å². The molecule has 0 aliphatic carbocycles. The maximum Gasteiger partial charge on any atom is 0.416 e. The zero-order valence-corrected chi connectivity index (χ0v) is 8.09. The van der Waals surface area contributed by atoms with E-state index in [1.54, 1.807) is 0 Å². The van der Waals surface area contributed by atoms with Gasteiger partial charge in [-0.2, -0.15) is 13.2 Å². The molecule has 14 heavy (non-hydrogen) atoms. The Balaban J connectivity index is 3.30. The normalized spacial score (nSPS) is 12.2. The van der Waals surface area contributed by atoms with E-state index in [1.807, 2.05) is 0 Å². The van der Waals surface area contributed by atoms with Gasteiger partial charge >= 0.3 is 6.18 Å². The Labute approximate surface area is 87.4 Å². The SMILES string of the molecule is Fc1ccc(C(Cl)Cl)c(C(F)(F)F)c1. The van der Waals surface area contributed by atoms with Gasteiger partial charge in [-0.25, -0.2) is 4.39 Å². The zero-order chi connectivity index (χ0) is 10.9. The van der Waals surface area contributed by atoms with Gasteiger partial charge in [-0.05, 0) is 17.7 Å². The van der Waals surface area contributed by atoms with Crippen molar-refractivity contribution in [3.8, 4) is 0 Å². The average Bonchev–Trinajstić information content (AvgIpc) is 2.01. The highest BCUT2D eigenvalue weighted by Gasteiger charge is 2.35. The van der Waals surface area contributed by atoms with Gasteiger partial charge < -0.3 is 0 Å². The van der Waals surface area contributed by atoms with Crippen molar-refractivity contribution in [3.63, 3.8) is 0 Å². The Bertz CT molecular complexity index is 333. The predicted molar refractivity (Wildman–Crippen MR) is 45.8 cm³/mol. The van der Waals surface area contributed by atoms with Crippen molar-refractivity contribution in [2.45, 2.75) is 11.0 Å². The molecule has 1 rings (SSSR count). The van der Waals surface area contributed by atoms with Crippen molar-refractivity contribution in [1.29, 1.82) is 0 Å². The van der Waals surface area contributed by atoms with Crippen LogP contribution >= 0.6 is 23.2 Å². The lowest BCUT2D eigenvalue weighted by molar-refractivity contribution is -0.138. The standard InChI is InChI=1S/C8H4Cl2F4/c9-7(10)5-2-1-4(11)3-6(5)8(12,13)14/h1-3,7H. The lowest BCUT2D eigenvalue weighted by atomic mass is 10.1. The average molecular weight is 247 g/mol. The number of hydrogen-bond donors (Lipinski definition) is 0. The third-order valence-corrected chi connectivity index (χ3v) is 2.03. The monoisotopic (exact) mass is 246 g/mol. The molecule has 0 aromatic heterocycles. The molecule has 1 aromatic carbocycles. The first-order chi connectivity index (χ1) is 6.32. The summed E-state index contributed by atoms with van der Waals surface area (Å²) in [6, 6.07) is 2.16. The van der Waals surface area contributed by atoms with Gasteiger partial charge in [0.25, 0.3) is 0 Å². The number of rotatable bonds is 1. The van der Waals surface area contributed by atoms with Gasteiger partial charge in [0.1, 0.15) is 10.7 Å². The Morgan fingerprint density at radius 3 is 2.14 bits per heavy atom. The Morgan fingerprint density at radius 2 is 1.71 bits per heavy atom. The summed E-state index contributed by atoms with van der Waals surface area (Å²) in [5, 5.41) is 0. The molecule has 0 N–H and O–H groups in total. The highest BCUT2D eigenvalue weighted by atomic mass is 35.5. The second-order valence-electron chi connectivity index (χ2n) is 2.53. The van der Waals surface area contributed by atoms with E-state index >= 15 is 0 Å². The molecular weight excluding hydrogens is 243 g/mol. The third kappa shape index (κ3) is 2.51. The van der Waals surface area contributed by atoms with Crippen molar-refractivity contribution >= 4 is 23.2 Å². The van der Waals surface area contributed by atoms with Crippen LogP contribution in [0.15, 0.2) is 18.2 Å². The molecule has 0 heterocycles. The van der Waals surface area contributed by atoms with Crippen LogP contribution in [-0.2, 0) is 6.18 Å². The summed E-state index contributed by atoms with van der Waals surface area (Å²) in [6.07, 6.45) is -4.65. The minimum absolute atomic E-state index is 0.345. The molecule has 0 aliphatic heterocycles. The predicted octanol–water partition coefficient (Wildman–Crippen LogP) is 4.32. The lowest BCUT2D eigenvalue weighted by Gasteiger charge is -2.13.